The van der Waals surface area contributed by atoms with Gasteiger partial charge in [0.15, 0.2) is 0 Å². The molecular formula is C16H20N2O2. The van der Waals surface area contributed by atoms with Gasteiger partial charge >= 0.3 is 0 Å². The van der Waals surface area contributed by atoms with Gasteiger partial charge in [-0.25, -0.2) is 4.98 Å². The summed E-state index contributed by atoms with van der Waals surface area (Å²) < 4.78 is 5.74. The van der Waals surface area contributed by atoms with E-state index in [-0.39, 0.29) is 11.4 Å². The number of nitrogens with one attached hydrogen (secondary N) is 1. The summed E-state index contributed by atoms with van der Waals surface area (Å²) in [5.41, 5.74) is -0.0946. The van der Waals surface area contributed by atoms with Crippen LogP contribution in [0.2, 0.25) is 0 Å². The summed E-state index contributed by atoms with van der Waals surface area (Å²) >= 11 is 0. The average molecular weight is 272 g/mol. The van der Waals surface area contributed by atoms with Crippen LogP contribution in [0.3, 0.4) is 0 Å². The second-order valence-corrected chi connectivity index (χ2v) is 6.01. The van der Waals surface area contributed by atoms with Gasteiger partial charge in [-0.05, 0) is 50.3 Å². The molecule has 1 unspecified atom stereocenters. The highest BCUT2D eigenvalue weighted by Crippen LogP contribution is 2.29. The first-order valence-corrected chi connectivity index (χ1v) is 7.02. The first-order chi connectivity index (χ1) is 9.53. The van der Waals surface area contributed by atoms with E-state index < -0.39 is 0 Å². The Hall–Kier alpha value is -1.81. The van der Waals surface area contributed by atoms with Crippen LogP contribution in [0, 0.1) is 0 Å². The first-order valence-electron chi connectivity index (χ1n) is 7.02. The van der Waals surface area contributed by atoms with Crippen LogP contribution in [0.5, 0.6) is 5.75 Å². The molecule has 0 bridgehead atoms. The molecule has 2 heterocycles. The van der Waals surface area contributed by atoms with Crippen molar-refractivity contribution in [2.24, 2.45) is 0 Å². The van der Waals surface area contributed by atoms with E-state index in [1.807, 2.05) is 12.1 Å². The number of phenols is 1. The molecule has 0 radical (unpaired) electrons. The molecule has 0 spiro atoms. The van der Waals surface area contributed by atoms with E-state index in [9.17, 15) is 5.11 Å². The molecule has 4 nitrogen and oxygen atoms in total. The molecule has 1 saturated heterocycles. The fourth-order valence-corrected chi connectivity index (χ4v) is 2.82. The third-order valence-electron chi connectivity index (χ3n) is 3.79. The minimum absolute atomic E-state index is 0.0946. The van der Waals surface area contributed by atoms with E-state index in [1.54, 1.807) is 18.3 Å². The van der Waals surface area contributed by atoms with Crippen molar-refractivity contribution in [3.63, 3.8) is 0 Å². The number of hydrogen-bond donors (Lipinski definition) is 2. The Morgan fingerprint density at radius 1 is 1.35 bits per heavy atom. The highest BCUT2D eigenvalue weighted by molar-refractivity contribution is 5.92. The number of benzene rings is 1. The number of hydrogen-bond acceptors (Lipinski definition) is 4. The Bertz CT molecular complexity index is 625. The molecule has 1 aliphatic rings. The lowest BCUT2D eigenvalue weighted by Gasteiger charge is -2.36. The van der Waals surface area contributed by atoms with Crippen LogP contribution in [-0.4, -0.2) is 28.3 Å². The average Bonchev–Trinajstić information content (AvgIpc) is 2.38. The fourth-order valence-electron chi connectivity index (χ4n) is 2.82. The van der Waals surface area contributed by atoms with Crippen LogP contribution in [0.1, 0.15) is 26.7 Å². The molecule has 1 atom stereocenters. The van der Waals surface area contributed by atoms with Crippen LogP contribution in [-0.2, 0) is 4.74 Å². The minimum atomic E-state index is -0.0946. The lowest BCUT2D eigenvalue weighted by molar-refractivity contribution is -0.0553. The van der Waals surface area contributed by atoms with Crippen molar-refractivity contribution in [3.05, 3.63) is 30.5 Å². The minimum Gasteiger partial charge on any atom is -0.508 e. The van der Waals surface area contributed by atoms with Crippen molar-refractivity contribution in [2.45, 2.75) is 38.3 Å². The summed E-state index contributed by atoms with van der Waals surface area (Å²) in [5.74, 6) is 1.10. The topological polar surface area (TPSA) is 54.4 Å². The summed E-state index contributed by atoms with van der Waals surface area (Å²) in [6.07, 6.45) is 3.72. The summed E-state index contributed by atoms with van der Waals surface area (Å²) in [5, 5.41) is 15.2. The van der Waals surface area contributed by atoms with E-state index in [0.717, 1.165) is 36.0 Å². The Labute approximate surface area is 118 Å². The highest BCUT2D eigenvalue weighted by Gasteiger charge is 2.29. The fraction of sp³-hybridized carbons (Fsp3) is 0.438. The maximum atomic E-state index is 9.67. The molecule has 3 rings (SSSR count). The Morgan fingerprint density at radius 3 is 3.00 bits per heavy atom. The maximum Gasteiger partial charge on any atom is 0.134 e. The van der Waals surface area contributed by atoms with Gasteiger partial charge < -0.3 is 15.2 Å². The van der Waals surface area contributed by atoms with Crippen LogP contribution in [0.25, 0.3) is 10.8 Å². The number of rotatable bonds is 2. The number of aromatic nitrogens is 1. The quantitative estimate of drug-likeness (QED) is 0.880. The number of ether oxygens (including phenoxy) is 1. The number of aromatic hydroxyl groups is 1. The molecule has 0 saturated carbocycles. The number of anilines is 1. The number of phenolic OH excluding ortho intramolecular Hbond substituents is 1. The molecule has 0 aliphatic carbocycles. The Morgan fingerprint density at radius 2 is 2.20 bits per heavy atom. The van der Waals surface area contributed by atoms with Gasteiger partial charge in [-0.15, -0.1) is 0 Å². The van der Waals surface area contributed by atoms with Crippen LogP contribution >= 0.6 is 0 Å². The number of fused-ring (bicyclic) bond motifs is 1. The molecule has 0 amide bonds. The van der Waals surface area contributed by atoms with Gasteiger partial charge in [0.25, 0.3) is 0 Å². The summed E-state index contributed by atoms with van der Waals surface area (Å²) in [7, 11) is 0. The number of pyridine rings is 1. The van der Waals surface area contributed by atoms with Gasteiger partial charge in [0.05, 0.1) is 5.60 Å². The molecule has 106 valence electrons. The summed E-state index contributed by atoms with van der Waals surface area (Å²) in [6, 6.07) is 7.66. The van der Waals surface area contributed by atoms with Crippen molar-refractivity contribution in [3.8, 4) is 5.75 Å². The molecule has 1 aromatic heterocycles. The van der Waals surface area contributed by atoms with Crippen LogP contribution in [0.4, 0.5) is 5.82 Å². The zero-order chi connectivity index (χ0) is 14.2. The monoisotopic (exact) mass is 272 g/mol. The second-order valence-electron chi connectivity index (χ2n) is 6.01. The van der Waals surface area contributed by atoms with Crippen molar-refractivity contribution >= 4 is 16.6 Å². The van der Waals surface area contributed by atoms with E-state index in [0.29, 0.717) is 6.04 Å². The third-order valence-corrected chi connectivity index (χ3v) is 3.79. The van der Waals surface area contributed by atoms with E-state index in [4.69, 9.17) is 4.74 Å². The van der Waals surface area contributed by atoms with Crippen molar-refractivity contribution in [1.82, 2.24) is 4.98 Å². The first kappa shape index (κ1) is 13.2. The molecule has 2 N–H and O–H groups in total. The van der Waals surface area contributed by atoms with Crippen molar-refractivity contribution in [2.75, 3.05) is 11.9 Å². The maximum absolute atomic E-state index is 9.67. The molecule has 4 heteroatoms. The van der Waals surface area contributed by atoms with E-state index >= 15 is 0 Å². The molecule has 1 fully saturated rings. The zero-order valence-corrected chi connectivity index (χ0v) is 11.9. The van der Waals surface area contributed by atoms with E-state index in [2.05, 4.69) is 24.1 Å². The van der Waals surface area contributed by atoms with Gasteiger partial charge in [0.1, 0.15) is 11.6 Å². The second kappa shape index (κ2) is 4.94. The molecule has 20 heavy (non-hydrogen) atoms. The largest absolute Gasteiger partial charge is 0.508 e. The van der Waals surface area contributed by atoms with Gasteiger partial charge in [-0.1, -0.05) is 6.07 Å². The molecule has 2 aromatic rings. The Kier molecular flexibility index (Phi) is 3.26. The van der Waals surface area contributed by atoms with E-state index in [1.165, 1.54) is 0 Å². The lowest BCUT2D eigenvalue weighted by atomic mass is 9.94. The summed E-state index contributed by atoms with van der Waals surface area (Å²) in [4.78, 5) is 4.43. The smallest absolute Gasteiger partial charge is 0.134 e. The molecule has 1 aliphatic heterocycles. The number of nitrogens with zero attached hydrogens (tertiary/aromatic N) is 1. The van der Waals surface area contributed by atoms with Crippen molar-refractivity contribution in [1.29, 1.82) is 0 Å². The SMILES string of the molecule is CC1(C)CC(Nc2nccc3ccc(O)cc23)CCO1. The predicted molar refractivity (Wildman–Crippen MR) is 80.1 cm³/mol. The predicted octanol–water partition coefficient (Wildman–Crippen LogP) is 3.31. The lowest BCUT2D eigenvalue weighted by Crippen LogP contribution is -2.40. The van der Waals surface area contributed by atoms with Gasteiger partial charge in [0.2, 0.25) is 0 Å². The summed E-state index contributed by atoms with van der Waals surface area (Å²) in [6.45, 7) is 4.99. The molecular weight excluding hydrogens is 252 g/mol. The van der Waals surface area contributed by atoms with Crippen LogP contribution in [0.15, 0.2) is 30.5 Å². The third kappa shape index (κ3) is 2.70. The van der Waals surface area contributed by atoms with Crippen molar-refractivity contribution < 1.29 is 9.84 Å². The normalized spacial score (nSPS) is 21.8. The van der Waals surface area contributed by atoms with Crippen LogP contribution < -0.4 is 5.32 Å². The standard InChI is InChI=1S/C16H20N2O2/c1-16(2)10-12(6-8-20-16)18-15-14-9-13(19)4-3-11(14)5-7-17-15/h3-5,7,9,12,19H,6,8,10H2,1-2H3,(H,17,18). The van der Waals surface area contributed by atoms with Gasteiger partial charge in [-0.2, -0.15) is 0 Å². The Balaban J connectivity index is 1.89. The zero-order valence-electron chi connectivity index (χ0n) is 11.9. The highest BCUT2D eigenvalue weighted by atomic mass is 16.5. The molecule has 1 aromatic carbocycles. The van der Waals surface area contributed by atoms with Gasteiger partial charge in [-0.3, -0.25) is 0 Å². The van der Waals surface area contributed by atoms with Gasteiger partial charge in [0, 0.05) is 24.2 Å².